The summed E-state index contributed by atoms with van der Waals surface area (Å²) in [4.78, 5) is 10.2. The molecule has 0 saturated carbocycles. The van der Waals surface area contributed by atoms with Gasteiger partial charge in [-0.05, 0) is 24.6 Å². The van der Waals surface area contributed by atoms with E-state index in [1.165, 1.54) is 0 Å². The molecule has 1 N–H and O–H groups in total. The molecule has 3 nitrogen and oxygen atoms in total. The van der Waals surface area contributed by atoms with Gasteiger partial charge in [0.05, 0.1) is 13.2 Å². The molecule has 0 bridgehead atoms. The Morgan fingerprint density at radius 2 is 2.31 bits per heavy atom. The Kier molecular flexibility index (Phi) is 3.31. The monoisotopic (exact) mass is 179 g/mol. The van der Waals surface area contributed by atoms with Gasteiger partial charge in [-0.1, -0.05) is 12.1 Å². The standard InChI is InChI=1S/C10H13NO2/c1-8(11-7-12)9-4-3-5-10(6-9)13-2/h3-8H,1-2H3,(H,11,12)/t8-/m1/s1. The molecule has 0 unspecified atom stereocenters. The zero-order valence-corrected chi connectivity index (χ0v) is 7.78. The van der Waals surface area contributed by atoms with E-state index in [2.05, 4.69) is 5.32 Å². The highest BCUT2D eigenvalue weighted by Crippen LogP contribution is 2.17. The lowest BCUT2D eigenvalue weighted by molar-refractivity contribution is -0.110. The van der Waals surface area contributed by atoms with E-state index in [0.717, 1.165) is 11.3 Å². The largest absolute Gasteiger partial charge is 0.497 e. The number of hydrogen-bond acceptors (Lipinski definition) is 2. The van der Waals surface area contributed by atoms with Crippen LogP contribution >= 0.6 is 0 Å². The first-order valence-corrected chi connectivity index (χ1v) is 4.11. The third-order valence-corrected chi connectivity index (χ3v) is 1.91. The maximum absolute atomic E-state index is 10.2. The van der Waals surface area contributed by atoms with Gasteiger partial charge in [-0.2, -0.15) is 0 Å². The zero-order chi connectivity index (χ0) is 9.68. The maximum Gasteiger partial charge on any atom is 0.207 e. The third kappa shape index (κ3) is 2.47. The average Bonchev–Trinajstić information content (AvgIpc) is 2.18. The number of rotatable bonds is 4. The molecule has 1 atom stereocenters. The second-order valence-corrected chi connectivity index (χ2v) is 2.78. The van der Waals surface area contributed by atoms with Crippen molar-refractivity contribution in [3.05, 3.63) is 29.8 Å². The van der Waals surface area contributed by atoms with Gasteiger partial charge in [-0.15, -0.1) is 0 Å². The fraction of sp³-hybridized carbons (Fsp3) is 0.300. The van der Waals surface area contributed by atoms with Crippen molar-refractivity contribution in [1.82, 2.24) is 5.32 Å². The van der Waals surface area contributed by atoms with E-state index < -0.39 is 0 Å². The topological polar surface area (TPSA) is 38.3 Å². The summed E-state index contributed by atoms with van der Waals surface area (Å²) >= 11 is 0. The molecule has 1 rings (SSSR count). The van der Waals surface area contributed by atoms with Crippen molar-refractivity contribution in [2.75, 3.05) is 7.11 Å². The fourth-order valence-electron chi connectivity index (χ4n) is 1.11. The molecule has 0 aliphatic carbocycles. The van der Waals surface area contributed by atoms with Crippen LogP contribution in [0.3, 0.4) is 0 Å². The molecule has 13 heavy (non-hydrogen) atoms. The van der Waals surface area contributed by atoms with E-state index in [-0.39, 0.29) is 6.04 Å². The van der Waals surface area contributed by atoms with Crippen LogP contribution in [0.25, 0.3) is 0 Å². The minimum atomic E-state index is 0.0209. The van der Waals surface area contributed by atoms with Crippen LogP contribution in [0.1, 0.15) is 18.5 Å². The van der Waals surface area contributed by atoms with Gasteiger partial charge in [0.2, 0.25) is 6.41 Å². The molecule has 1 aromatic rings. The van der Waals surface area contributed by atoms with Crippen LogP contribution in [0.15, 0.2) is 24.3 Å². The Morgan fingerprint density at radius 3 is 2.92 bits per heavy atom. The van der Waals surface area contributed by atoms with E-state index in [0.29, 0.717) is 6.41 Å². The lowest BCUT2D eigenvalue weighted by Crippen LogP contribution is -2.15. The van der Waals surface area contributed by atoms with Gasteiger partial charge >= 0.3 is 0 Å². The molecule has 3 heteroatoms. The molecule has 0 saturated heterocycles. The smallest absolute Gasteiger partial charge is 0.207 e. The quantitative estimate of drug-likeness (QED) is 0.711. The van der Waals surface area contributed by atoms with E-state index in [1.54, 1.807) is 7.11 Å². The van der Waals surface area contributed by atoms with E-state index in [9.17, 15) is 4.79 Å². The Hall–Kier alpha value is -1.51. The Morgan fingerprint density at radius 1 is 1.54 bits per heavy atom. The molecule has 1 amide bonds. The minimum Gasteiger partial charge on any atom is -0.497 e. The summed E-state index contributed by atoms with van der Waals surface area (Å²) in [6.07, 6.45) is 0.699. The molecule has 0 aromatic heterocycles. The lowest BCUT2D eigenvalue weighted by atomic mass is 10.1. The van der Waals surface area contributed by atoms with Crippen LogP contribution in [-0.2, 0) is 4.79 Å². The molecular weight excluding hydrogens is 166 g/mol. The maximum atomic E-state index is 10.2. The van der Waals surface area contributed by atoms with Gasteiger partial charge in [0.15, 0.2) is 0 Å². The van der Waals surface area contributed by atoms with Crippen molar-refractivity contribution in [1.29, 1.82) is 0 Å². The molecule has 0 aliphatic rings. The Bertz CT molecular complexity index is 286. The zero-order valence-electron chi connectivity index (χ0n) is 7.78. The second-order valence-electron chi connectivity index (χ2n) is 2.78. The van der Waals surface area contributed by atoms with Gasteiger partial charge in [0.25, 0.3) is 0 Å². The number of methoxy groups -OCH3 is 1. The highest BCUT2D eigenvalue weighted by Gasteiger charge is 2.03. The van der Waals surface area contributed by atoms with Gasteiger partial charge in [-0.25, -0.2) is 0 Å². The van der Waals surface area contributed by atoms with Gasteiger partial charge < -0.3 is 10.1 Å². The third-order valence-electron chi connectivity index (χ3n) is 1.91. The van der Waals surface area contributed by atoms with Gasteiger partial charge in [0, 0.05) is 0 Å². The first-order valence-electron chi connectivity index (χ1n) is 4.11. The molecular formula is C10H13NO2. The van der Waals surface area contributed by atoms with E-state index >= 15 is 0 Å². The SMILES string of the molecule is COc1cccc([C@@H](C)NC=O)c1. The molecule has 0 spiro atoms. The number of ether oxygens (including phenoxy) is 1. The number of amides is 1. The Labute approximate surface area is 77.7 Å². The number of benzene rings is 1. The van der Waals surface area contributed by atoms with Crippen molar-refractivity contribution in [2.24, 2.45) is 0 Å². The number of carbonyl (C=O) groups excluding carboxylic acids is 1. The van der Waals surface area contributed by atoms with Gasteiger partial charge in [0.1, 0.15) is 5.75 Å². The predicted octanol–water partition coefficient (Wildman–Crippen LogP) is 1.50. The number of nitrogens with one attached hydrogen (secondary N) is 1. The number of hydrogen-bond donors (Lipinski definition) is 1. The lowest BCUT2D eigenvalue weighted by Gasteiger charge is -2.11. The highest BCUT2D eigenvalue weighted by molar-refractivity contribution is 5.48. The summed E-state index contributed by atoms with van der Waals surface area (Å²) < 4.78 is 5.07. The molecule has 1 aromatic carbocycles. The first-order chi connectivity index (χ1) is 6.27. The summed E-state index contributed by atoms with van der Waals surface area (Å²) in [6.45, 7) is 1.92. The predicted molar refractivity (Wildman–Crippen MR) is 50.6 cm³/mol. The minimum absolute atomic E-state index is 0.0209. The highest BCUT2D eigenvalue weighted by atomic mass is 16.5. The second kappa shape index (κ2) is 4.50. The van der Waals surface area contributed by atoms with Crippen molar-refractivity contribution in [3.8, 4) is 5.75 Å². The molecule has 70 valence electrons. The van der Waals surface area contributed by atoms with Crippen LogP contribution < -0.4 is 10.1 Å². The van der Waals surface area contributed by atoms with Gasteiger partial charge in [-0.3, -0.25) is 4.79 Å². The summed E-state index contributed by atoms with van der Waals surface area (Å²) in [6, 6.07) is 7.65. The normalized spacial score (nSPS) is 11.8. The van der Waals surface area contributed by atoms with Crippen LogP contribution in [0, 0.1) is 0 Å². The first kappa shape index (κ1) is 9.58. The summed E-state index contributed by atoms with van der Waals surface area (Å²) in [5.74, 6) is 0.803. The van der Waals surface area contributed by atoms with Crippen molar-refractivity contribution in [2.45, 2.75) is 13.0 Å². The summed E-state index contributed by atoms with van der Waals surface area (Å²) in [5.41, 5.74) is 1.03. The van der Waals surface area contributed by atoms with Crippen molar-refractivity contribution in [3.63, 3.8) is 0 Å². The molecule has 0 aliphatic heterocycles. The Balaban J connectivity index is 2.81. The van der Waals surface area contributed by atoms with E-state index in [1.807, 2.05) is 31.2 Å². The number of carbonyl (C=O) groups is 1. The van der Waals surface area contributed by atoms with Crippen LogP contribution in [0.4, 0.5) is 0 Å². The van der Waals surface area contributed by atoms with Crippen LogP contribution in [0.5, 0.6) is 5.75 Å². The molecule has 0 radical (unpaired) electrons. The summed E-state index contributed by atoms with van der Waals surface area (Å²) in [7, 11) is 1.62. The van der Waals surface area contributed by atoms with Crippen molar-refractivity contribution >= 4 is 6.41 Å². The fourth-order valence-corrected chi connectivity index (χ4v) is 1.11. The van der Waals surface area contributed by atoms with Crippen LogP contribution in [-0.4, -0.2) is 13.5 Å². The summed E-state index contributed by atoms with van der Waals surface area (Å²) in [5, 5.41) is 2.68. The average molecular weight is 179 g/mol. The molecule has 0 fully saturated rings. The van der Waals surface area contributed by atoms with Crippen LogP contribution in [0.2, 0.25) is 0 Å². The van der Waals surface area contributed by atoms with E-state index in [4.69, 9.17) is 4.74 Å². The molecule has 0 heterocycles. The van der Waals surface area contributed by atoms with Crippen molar-refractivity contribution < 1.29 is 9.53 Å².